The van der Waals surface area contributed by atoms with Gasteiger partial charge >= 0.3 is 0 Å². The molecule has 0 amide bonds. The van der Waals surface area contributed by atoms with E-state index in [-0.39, 0.29) is 5.71 Å². The minimum absolute atomic E-state index is 0.221. The lowest BCUT2D eigenvalue weighted by Crippen LogP contribution is -2.42. The van der Waals surface area contributed by atoms with Gasteiger partial charge in [0, 0.05) is 0 Å². The van der Waals surface area contributed by atoms with E-state index in [1.807, 2.05) is 20.8 Å². The predicted molar refractivity (Wildman–Crippen MR) is 84.1 cm³/mol. The average Bonchev–Trinajstić information content (AvgIpc) is 2.31. The molecule has 2 rings (SSSR count). The summed E-state index contributed by atoms with van der Waals surface area (Å²) in [6.45, 7) is 5.47. The number of nitrogens with zero attached hydrogens (tertiary/aromatic N) is 2. The van der Waals surface area contributed by atoms with Crippen molar-refractivity contribution in [1.82, 2.24) is 4.98 Å². The van der Waals surface area contributed by atoms with E-state index >= 15 is 0 Å². The molecule has 0 spiro atoms. The summed E-state index contributed by atoms with van der Waals surface area (Å²) in [5.41, 5.74) is -0.813. The molecule has 0 radical (unpaired) electrons. The topological polar surface area (TPSA) is 42.3 Å². The summed E-state index contributed by atoms with van der Waals surface area (Å²) in [6, 6.07) is 5.26. The van der Waals surface area contributed by atoms with E-state index in [9.17, 15) is 8.60 Å². The van der Waals surface area contributed by atoms with Gasteiger partial charge in [0.2, 0.25) is 0 Å². The van der Waals surface area contributed by atoms with Crippen LogP contribution in [0.3, 0.4) is 0 Å². The zero-order chi connectivity index (χ0) is 15.0. The van der Waals surface area contributed by atoms with Crippen LogP contribution in [0.5, 0.6) is 0 Å². The molecule has 1 aliphatic rings. The molecule has 1 saturated carbocycles. The molecule has 1 fully saturated rings. The first-order valence-corrected chi connectivity index (χ1v) is 8.45. The Bertz CT molecular complexity index is 565. The Morgan fingerprint density at radius 1 is 1.45 bits per heavy atom. The number of aromatic nitrogens is 1. The van der Waals surface area contributed by atoms with Crippen molar-refractivity contribution >= 4 is 32.6 Å². The fourth-order valence-corrected chi connectivity index (χ4v) is 2.88. The first kappa shape index (κ1) is 15.8. The highest BCUT2D eigenvalue weighted by Crippen LogP contribution is 2.39. The van der Waals surface area contributed by atoms with Crippen LogP contribution in [0.2, 0.25) is 0 Å². The second-order valence-corrected chi connectivity index (χ2v) is 8.68. The van der Waals surface area contributed by atoms with Gasteiger partial charge in [-0.15, -0.1) is 0 Å². The summed E-state index contributed by atoms with van der Waals surface area (Å²) in [5.74, 6) is 0. The highest BCUT2D eigenvalue weighted by Gasteiger charge is 2.44. The van der Waals surface area contributed by atoms with Gasteiger partial charge in [-0.05, 0) is 68.1 Å². The molecule has 0 bridgehead atoms. The molecule has 0 saturated heterocycles. The third-order valence-electron chi connectivity index (χ3n) is 3.23. The zero-order valence-electron chi connectivity index (χ0n) is 11.8. The van der Waals surface area contributed by atoms with E-state index in [0.29, 0.717) is 23.1 Å². The van der Waals surface area contributed by atoms with Crippen LogP contribution < -0.4 is 0 Å². The lowest BCUT2D eigenvalue weighted by atomic mass is 9.77. The van der Waals surface area contributed by atoms with Gasteiger partial charge in [0.1, 0.15) is 21.3 Å². The summed E-state index contributed by atoms with van der Waals surface area (Å²) < 4.78 is 31.3. The van der Waals surface area contributed by atoms with Crippen molar-refractivity contribution in [2.45, 2.75) is 50.4 Å². The van der Waals surface area contributed by atoms with Crippen molar-refractivity contribution < 1.29 is 8.60 Å². The summed E-state index contributed by atoms with van der Waals surface area (Å²) in [6.07, 6.45) is 1.66. The van der Waals surface area contributed by atoms with Gasteiger partial charge in [-0.2, -0.15) is 4.40 Å². The van der Waals surface area contributed by atoms with E-state index in [1.54, 1.807) is 18.2 Å². The Hall–Kier alpha value is -0.620. The second-order valence-electron chi connectivity index (χ2n) is 5.97. The third-order valence-corrected chi connectivity index (χ3v) is 5.06. The van der Waals surface area contributed by atoms with Crippen LogP contribution >= 0.6 is 15.9 Å². The van der Waals surface area contributed by atoms with Gasteiger partial charge in [0.05, 0.1) is 10.4 Å². The number of halogens is 2. The third kappa shape index (κ3) is 3.34. The first-order valence-electron chi connectivity index (χ1n) is 6.55. The molecule has 0 N–H and O–H groups in total. The monoisotopic (exact) mass is 360 g/mol. The van der Waals surface area contributed by atoms with Crippen molar-refractivity contribution in [3.8, 4) is 0 Å². The van der Waals surface area contributed by atoms with Crippen LogP contribution in [0, 0.1) is 0 Å². The minimum atomic E-state index is -1.50. The predicted octanol–water partition coefficient (Wildman–Crippen LogP) is 3.99. The number of rotatable bonds is 3. The minimum Gasteiger partial charge on any atom is -0.239 e. The molecule has 6 heteroatoms. The smallest absolute Gasteiger partial charge is 0.155 e. The number of hydrogen-bond donors (Lipinski definition) is 0. The van der Waals surface area contributed by atoms with Crippen LogP contribution in [0.4, 0.5) is 4.39 Å². The molecule has 0 aliphatic heterocycles. The van der Waals surface area contributed by atoms with E-state index in [2.05, 4.69) is 25.3 Å². The van der Waals surface area contributed by atoms with Gasteiger partial charge < -0.3 is 0 Å². The zero-order valence-corrected chi connectivity index (χ0v) is 14.2. The Labute approximate surface area is 129 Å². The molecule has 1 aromatic heterocycles. The Morgan fingerprint density at radius 3 is 2.55 bits per heavy atom. The van der Waals surface area contributed by atoms with E-state index in [4.69, 9.17) is 0 Å². The molecular formula is C14H18BrFN2OS. The summed E-state index contributed by atoms with van der Waals surface area (Å²) in [5, 5.41) is 0. The second kappa shape index (κ2) is 5.64. The first-order chi connectivity index (χ1) is 9.22. The SMILES string of the molecule is CC(C)(C)S(=O)N=C(c1cccc(Br)n1)C1(F)CCC1. The van der Waals surface area contributed by atoms with Crippen molar-refractivity contribution in [3.63, 3.8) is 0 Å². The number of alkyl halides is 1. The maximum Gasteiger partial charge on any atom is 0.155 e. The largest absolute Gasteiger partial charge is 0.239 e. The Kier molecular flexibility index (Phi) is 4.44. The fourth-order valence-electron chi connectivity index (χ4n) is 1.84. The van der Waals surface area contributed by atoms with E-state index in [1.165, 1.54) is 0 Å². The van der Waals surface area contributed by atoms with Gasteiger partial charge in [-0.3, -0.25) is 0 Å². The summed E-state index contributed by atoms with van der Waals surface area (Å²) >= 11 is 3.28. The van der Waals surface area contributed by atoms with Crippen LogP contribution in [-0.4, -0.2) is 25.3 Å². The van der Waals surface area contributed by atoms with Crippen LogP contribution in [0.25, 0.3) is 0 Å². The number of pyridine rings is 1. The van der Waals surface area contributed by atoms with Crippen LogP contribution in [-0.2, 0) is 11.0 Å². The molecule has 110 valence electrons. The molecule has 0 aromatic carbocycles. The average molecular weight is 361 g/mol. The lowest BCUT2D eigenvalue weighted by Gasteiger charge is -2.34. The fraction of sp³-hybridized carbons (Fsp3) is 0.571. The molecule has 3 nitrogen and oxygen atoms in total. The molecule has 1 atom stereocenters. The standard InChI is InChI=1S/C14H18BrFN2OS/c1-13(2,3)20(19)18-12(14(16)8-5-9-14)10-6-4-7-11(15)17-10/h4,6-7H,5,8-9H2,1-3H3. The van der Waals surface area contributed by atoms with Gasteiger partial charge in [0.15, 0.2) is 5.67 Å². The van der Waals surface area contributed by atoms with Crippen molar-refractivity contribution in [1.29, 1.82) is 0 Å². The van der Waals surface area contributed by atoms with E-state index in [0.717, 1.165) is 6.42 Å². The molecule has 1 aliphatic carbocycles. The van der Waals surface area contributed by atoms with Gasteiger partial charge in [0.25, 0.3) is 0 Å². The maximum absolute atomic E-state index is 14.8. The summed E-state index contributed by atoms with van der Waals surface area (Å²) in [7, 11) is -1.50. The lowest BCUT2D eigenvalue weighted by molar-refractivity contribution is 0.143. The van der Waals surface area contributed by atoms with Crippen molar-refractivity contribution in [2.24, 2.45) is 4.40 Å². The molecule has 1 aromatic rings. The maximum atomic E-state index is 14.8. The van der Waals surface area contributed by atoms with Gasteiger partial charge in [-0.25, -0.2) is 13.6 Å². The molecule has 1 unspecified atom stereocenters. The van der Waals surface area contributed by atoms with Crippen molar-refractivity contribution in [2.75, 3.05) is 0 Å². The Morgan fingerprint density at radius 2 is 2.10 bits per heavy atom. The van der Waals surface area contributed by atoms with Gasteiger partial charge in [-0.1, -0.05) is 6.07 Å². The summed E-state index contributed by atoms with van der Waals surface area (Å²) in [4.78, 5) is 4.27. The normalized spacial score (nSPS) is 20.4. The van der Waals surface area contributed by atoms with Crippen LogP contribution in [0.1, 0.15) is 45.7 Å². The molecule has 20 heavy (non-hydrogen) atoms. The Balaban J connectivity index is 2.46. The highest BCUT2D eigenvalue weighted by atomic mass is 79.9. The van der Waals surface area contributed by atoms with Crippen LogP contribution in [0.15, 0.2) is 27.2 Å². The molecule has 1 heterocycles. The molecular weight excluding hydrogens is 343 g/mol. The quantitative estimate of drug-likeness (QED) is 0.604. The number of hydrogen-bond acceptors (Lipinski definition) is 2. The highest BCUT2D eigenvalue weighted by molar-refractivity contribution is 9.10. The van der Waals surface area contributed by atoms with E-state index < -0.39 is 21.4 Å². The van der Waals surface area contributed by atoms with Crippen molar-refractivity contribution in [3.05, 3.63) is 28.5 Å².